The maximum Gasteiger partial charge on any atom is 0.280 e. The number of aryl methyl sites for hydroxylation is 1. The SMILES string of the molecule is Cc1cc(Br)cnc1NS(=O)(=O)c1cnc[nH]1. The van der Waals surface area contributed by atoms with Crippen LogP contribution >= 0.6 is 15.9 Å². The fourth-order valence-electron chi connectivity index (χ4n) is 1.22. The van der Waals surface area contributed by atoms with Crippen LogP contribution in [0.3, 0.4) is 0 Å². The number of H-pyrrole nitrogens is 1. The first-order valence-corrected chi connectivity index (χ1v) is 6.90. The number of aromatic amines is 1. The maximum absolute atomic E-state index is 11.9. The topological polar surface area (TPSA) is 87.7 Å². The van der Waals surface area contributed by atoms with Crippen molar-refractivity contribution in [1.29, 1.82) is 0 Å². The molecule has 0 saturated carbocycles. The van der Waals surface area contributed by atoms with Gasteiger partial charge in [-0.3, -0.25) is 4.72 Å². The van der Waals surface area contributed by atoms with Crippen LogP contribution in [0.2, 0.25) is 0 Å². The average molecular weight is 317 g/mol. The van der Waals surface area contributed by atoms with Crippen LogP contribution in [0.15, 0.2) is 34.3 Å². The minimum absolute atomic E-state index is 0.00150. The van der Waals surface area contributed by atoms with Gasteiger partial charge in [0.2, 0.25) is 0 Å². The van der Waals surface area contributed by atoms with Gasteiger partial charge in [0, 0.05) is 10.7 Å². The number of nitrogens with one attached hydrogen (secondary N) is 2. The molecule has 8 heteroatoms. The van der Waals surface area contributed by atoms with Crippen LogP contribution in [0.1, 0.15) is 5.56 Å². The molecule has 0 bridgehead atoms. The maximum atomic E-state index is 11.9. The van der Waals surface area contributed by atoms with E-state index in [0.29, 0.717) is 5.82 Å². The lowest BCUT2D eigenvalue weighted by Crippen LogP contribution is -2.15. The molecular weight excluding hydrogens is 308 g/mol. The number of hydrogen-bond acceptors (Lipinski definition) is 4. The summed E-state index contributed by atoms with van der Waals surface area (Å²) in [5.41, 5.74) is 0.725. The van der Waals surface area contributed by atoms with Gasteiger partial charge in [0.05, 0.1) is 12.5 Å². The van der Waals surface area contributed by atoms with Gasteiger partial charge in [-0.05, 0) is 34.5 Å². The summed E-state index contributed by atoms with van der Waals surface area (Å²) in [5.74, 6) is 0.294. The van der Waals surface area contributed by atoms with E-state index in [1.807, 2.05) is 0 Å². The van der Waals surface area contributed by atoms with Crippen LogP contribution in [0.4, 0.5) is 5.82 Å². The molecule has 0 aliphatic rings. The second kappa shape index (κ2) is 4.46. The molecule has 2 aromatic rings. The highest BCUT2D eigenvalue weighted by molar-refractivity contribution is 9.10. The van der Waals surface area contributed by atoms with Crippen LogP contribution in [-0.4, -0.2) is 23.4 Å². The first kappa shape index (κ1) is 12.1. The Bertz CT molecular complexity index is 624. The number of sulfonamides is 1. The molecule has 0 radical (unpaired) electrons. The van der Waals surface area contributed by atoms with Crippen molar-refractivity contribution in [1.82, 2.24) is 15.0 Å². The van der Waals surface area contributed by atoms with Gasteiger partial charge in [0.1, 0.15) is 5.82 Å². The Morgan fingerprint density at radius 3 is 2.76 bits per heavy atom. The number of aromatic nitrogens is 3. The first-order chi connectivity index (χ1) is 7.99. The van der Waals surface area contributed by atoms with Crippen molar-refractivity contribution in [3.05, 3.63) is 34.8 Å². The van der Waals surface area contributed by atoms with Crippen molar-refractivity contribution < 1.29 is 8.42 Å². The molecular formula is C9H9BrN4O2S. The normalized spacial score (nSPS) is 11.4. The summed E-state index contributed by atoms with van der Waals surface area (Å²) in [5, 5.41) is 0.00150. The highest BCUT2D eigenvalue weighted by atomic mass is 79.9. The summed E-state index contributed by atoms with van der Waals surface area (Å²) in [6.07, 6.45) is 4.06. The Labute approximate surface area is 107 Å². The van der Waals surface area contributed by atoms with Crippen molar-refractivity contribution in [3.8, 4) is 0 Å². The zero-order valence-corrected chi connectivity index (χ0v) is 11.2. The fourth-order valence-corrected chi connectivity index (χ4v) is 2.65. The number of hydrogen-bond donors (Lipinski definition) is 2. The predicted octanol–water partition coefficient (Wildman–Crippen LogP) is 1.68. The molecule has 0 amide bonds. The lowest BCUT2D eigenvalue weighted by atomic mass is 10.3. The third-order valence-corrected chi connectivity index (χ3v) is 3.74. The largest absolute Gasteiger partial charge is 0.334 e. The lowest BCUT2D eigenvalue weighted by Gasteiger charge is -2.07. The minimum atomic E-state index is -3.65. The van der Waals surface area contributed by atoms with Crippen LogP contribution in [0.5, 0.6) is 0 Å². The molecule has 2 rings (SSSR count). The minimum Gasteiger partial charge on any atom is -0.334 e. The quantitative estimate of drug-likeness (QED) is 0.901. The number of nitrogens with zero attached hydrogens (tertiary/aromatic N) is 2. The Morgan fingerprint density at radius 1 is 1.41 bits per heavy atom. The Hall–Kier alpha value is -1.41. The lowest BCUT2D eigenvalue weighted by molar-refractivity contribution is 0.598. The highest BCUT2D eigenvalue weighted by Gasteiger charge is 2.17. The molecule has 0 fully saturated rings. The van der Waals surface area contributed by atoms with Crippen molar-refractivity contribution in [2.75, 3.05) is 4.72 Å². The summed E-state index contributed by atoms with van der Waals surface area (Å²) >= 11 is 3.26. The number of halogens is 1. The van der Waals surface area contributed by atoms with Crippen molar-refractivity contribution in [2.45, 2.75) is 11.9 Å². The zero-order valence-electron chi connectivity index (χ0n) is 8.81. The van der Waals surface area contributed by atoms with Crippen LogP contribution < -0.4 is 4.72 Å². The first-order valence-electron chi connectivity index (χ1n) is 4.62. The molecule has 0 aliphatic heterocycles. The summed E-state index contributed by atoms with van der Waals surface area (Å²) in [6, 6.07) is 1.78. The smallest absolute Gasteiger partial charge is 0.280 e. The van der Waals surface area contributed by atoms with Crippen LogP contribution in [-0.2, 0) is 10.0 Å². The third-order valence-electron chi connectivity index (χ3n) is 2.04. The fraction of sp³-hybridized carbons (Fsp3) is 0.111. The molecule has 6 nitrogen and oxygen atoms in total. The van der Waals surface area contributed by atoms with Crippen molar-refractivity contribution in [2.24, 2.45) is 0 Å². The summed E-state index contributed by atoms with van der Waals surface area (Å²) in [4.78, 5) is 10.2. The van der Waals surface area contributed by atoms with E-state index in [2.05, 4.69) is 35.6 Å². The van der Waals surface area contributed by atoms with Crippen molar-refractivity contribution in [3.63, 3.8) is 0 Å². The molecule has 0 aromatic carbocycles. The monoisotopic (exact) mass is 316 g/mol. The Kier molecular flexibility index (Phi) is 3.16. The van der Waals surface area contributed by atoms with Gasteiger partial charge < -0.3 is 4.98 Å². The second-order valence-electron chi connectivity index (χ2n) is 3.34. The summed E-state index contributed by atoms with van der Waals surface area (Å²) < 4.78 is 26.9. The van der Waals surface area contributed by atoms with E-state index in [9.17, 15) is 8.42 Å². The average Bonchev–Trinajstić information content (AvgIpc) is 2.76. The molecule has 17 heavy (non-hydrogen) atoms. The number of rotatable bonds is 3. The van der Waals surface area contributed by atoms with Gasteiger partial charge in [0.25, 0.3) is 10.0 Å². The molecule has 0 atom stereocenters. The molecule has 2 N–H and O–H groups in total. The van der Waals surface area contributed by atoms with Gasteiger partial charge in [-0.2, -0.15) is 8.42 Å². The van der Waals surface area contributed by atoms with E-state index in [-0.39, 0.29) is 5.03 Å². The molecule has 2 heterocycles. The van der Waals surface area contributed by atoms with Crippen molar-refractivity contribution >= 4 is 31.8 Å². The molecule has 0 unspecified atom stereocenters. The van der Waals surface area contributed by atoms with E-state index in [1.54, 1.807) is 13.0 Å². The van der Waals surface area contributed by atoms with E-state index in [1.165, 1.54) is 18.7 Å². The van der Waals surface area contributed by atoms with E-state index in [0.717, 1.165) is 10.0 Å². The molecule has 0 spiro atoms. The van der Waals surface area contributed by atoms with E-state index in [4.69, 9.17) is 0 Å². The summed E-state index contributed by atoms with van der Waals surface area (Å²) in [6.45, 7) is 1.77. The molecule has 2 aromatic heterocycles. The van der Waals surface area contributed by atoms with Gasteiger partial charge in [-0.15, -0.1) is 0 Å². The van der Waals surface area contributed by atoms with Crippen LogP contribution in [0.25, 0.3) is 0 Å². The highest BCUT2D eigenvalue weighted by Crippen LogP contribution is 2.19. The number of imidazole rings is 1. The van der Waals surface area contributed by atoms with Gasteiger partial charge in [0.15, 0.2) is 5.03 Å². The number of anilines is 1. The van der Waals surface area contributed by atoms with Crippen LogP contribution in [0, 0.1) is 6.92 Å². The van der Waals surface area contributed by atoms with Gasteiger partial charge in [-0.25, -0.2) is 9.97 Å². The zero-order chi connectivity index (χ0) is 12.5. The predicted molar refractivity (Wildman–Crippen MR) is 66.1 cm³/mol. The molecule has 0 saturated heterocycles. The molecule has 90 valence electrons. The number of pyridine rings is 1. The third kappa shape index (κ3) is 2.64. The molecule has 0 aliphatic carbocycles. The Balaban J connectivity index is 2.33. The second-order valence-corrected chi connectivity index (χ2v) is 5.91. The Morgan fingerprint density at radius 2 is 2.18 bits per heavy atom. The van der Waals surface area contributed by atoms with E-state index < -0.39 is 10.0 Å². The standard InChI is InChI=1S/C9H9BrN4O2S/c1-6-2-7(10)3-12-9(6)14-17(15,16)8-4-11-5-13-8/h2-5H,1H3,(H,11,13)(H,12,14). The van der Waals surface area contributed by atoms with Gasteiger partial charge in [-0.1, -0.05) is 0 Å². The van der Waals surface area contributed by atoms with Gasteiger partial charge >= 0.3 is 0 Å². The summed E-state index contributed by atoms with van der Waals surface area (Å²) in [7, 11) is -3.65. The van der Waals surface area contributed by atoms with E-state index >= 15 is 0 Å².